The van der Waals surface area contributed by atoms with E-state index >= 15 is 0 Å². The van der Waals surface area contributed by atoms with Gasteiger partial charge in [0.05, 0.1) is 0 Å². The smallest absolute Gasteiger partial charge is 0.0480 e. The van der Waals surface area contributed by atoms with Gasteiger partial charge in [-0.1, -0.05) is 20.3 Å². The normalized spacial score (nSPS) is 34.4. The Hall–Kier alpha value is -0.120. The molecule has 1 atom stereocenters. The summed E-state index contributed by atoms with van der Waals surface area (Å²) in [6.07, 6.45) is 6.20. The molecule has 0 aromatic carbocycles. The minimum atomic E-state index is 0.203. The van der Waals surface area contributed by atoms with Gasteiger partial charge >= 0.3 is 0 Å². The fourth-order valence-electron chi connectivity index (χ4n) is 3.99. The fourth-order valence-corrected chi connectivity index (χ4v) is 3.99. The standard InChI is InChI=1S/C14H28N2O/c1-13(2)7-4-8-14(13,11-15)16(3)12-5-9-17-10-6-12/h12H,4-11,15H2,1-3H3. The van der Waals surface area contributed by atoms with E-state index in [0.717, 1.165) is 32.6 Å². The largest absolute Gasteiger partial charge is 0.381 e. The fraction of sp³-hybridized carbons (Fsp3) is 1.00. The van der Waals surface area contributed by atoms with E-state index in [9.17, 15) is 0 Å². The number of hydrogen-bond acceptors (Lipinski definition) is 3. The molecular weight excluding hydrogens is 212 g/mol. The molecule has 0 amide bonds. The third-order valence-electron chi connectivity index (χ3n) is 5.40. The number of nitrogens with zero attached hydrogens (tertiary/aromatic N) is 1. The van der Waals surface area contributed by atoms with Crippen LogP contribution < -0.4 is 5.73 Å². The Bertz CT molecular complexity index is 261. The zero-order valence-electron chi connectivity index (χ0n) is 11.7. The number of hydrogen-bond donors (Lipinski definition) is 1. The van der Waals surface area contributed by atoms with Crippen LogP contribution in [0.2, 0.25) is 0 Å². The van der Waals surface area contributed by atoms with E-state index in [1.807, 2.05) is 0 Å². The van der Waals surface area contributed by atoms with E-state index < -0.39 is 0 Å². The van der Waals surface area contributed by atoms with Crippen molar-refractivity contribution in [3.05, 3.63) is 0 Å². The van der Waals surface area contributed by atoms with E-state index in [0.29, 0.717) is 11.5 Å². The van der Waals surface area contributed by atoms with Gasteiger partial charge in [-0.15, -0.1) is 0 Å². The molecule has 3 nitrogen and oxygen atoms in total. The molecule has 2 N–H and O–H groups in total. The lowest BCUT2D eigenvalue weighted by atomic mass is 9.73. The Labute approximate surface area is 106 Å². The van der Waals surface area contributed by atoms with Crippen molar-refractivity contribution in [2.45, 2.75) is 57.5 Å². The van der Waals surface area contributed by atoms with E-state index in [1.54, 1.807) is 0 Å². The Morgan fingerprint density at radius 2 is 1.88 bits per heavy atom. The lowest BCUT2D eigenvalue weighted by Gasteiger charge is -2.51. The number of ether oxygens (including phenoxy) is 1. The first-order valence-corrected chi connectivity index (χ1v) is 7.04. The van der Waals surface area contributed by atoms with Crippen LogP contribution in [0.3, 0.4) is 0 Å². The van der Waals surface area contributed by atoms with Gasteiger partial charge in [-0.3, -0.25) is 4.90 Å². The van der Waals surface area contributed by atoms with Gasteiger partial charge in [0.25, 0.3) is 0 Å². The first-order chi connectivity index (χ1) is 8.03. The van der Waals surface area contributed by atoms with Gasteiger partial charge < -0.3 is 10.5 Å². The van der Waals surface area contributed by atoms with Crippen molar-refractivity contribution < 1.29 is 4.74 Å². The number of rotatable bonds is 3. The molecule has 1 aliphatic carbocycles. The molecule has 1 saturated heterocycles. The van der Waals surface area contributed by atoms with Gasteiger partial charge in [-0.05, 0) is 38.1 Å². The topological polar surface area (TPSA) is 38.5 Å². The molecule has 100 valence electrons. The lowest BCUT2D eigenvalue weighted by Crippen LogP contribution is -2.62. The molecule has 0 radical (unpaired) electrons. The van der Waals surface area contributed by atoms with Gasteiger partial charge in [0.15, 0.2) is 0 Å². The van der Waals surface area contributed by atoms with Crippen molar-refractivity contribution >= 4 is 0 Å². The van der Waals surface area contributed by atoms with Crippen molar-refractivity contribution in [2.24, 2.45) is 11.1 Å². The molecule has 3 heteroatoms. The average molecular weight is 240 g/mol. The van der Waals surface area contributed by atoms with Crippen molar-refractivity contribution in [1.82, 2.24) is 4.90 Å². The molecule has 1 saturated carbocycles. The van der Waals surface area contributed by atoms with E-state index in [4.69, 9.17) is 10.5 Å². The molecule has 1 aliphatic heterocycles. The molecule has 2 rings (SSSR count). The number of likely N-dealkylation sites (N-methyl/N-ethyl adjacent to an activating group) is 1. The van der Waals surface area contributed by atoms with Crippen molar-refractivity contribution in [3.63, 3.8) is 0 Å². The molecule has 1 unspecified atom stereocenters. The summed E-state index contributed by atoms with van der Waals surface area (Å²) in [4.78, 5) is 2.60. The van der Waals surface area contributed by atoms with Crippen LogP contribution in [0, 0.1) is 5.41 Å². The predicted molar refractivity (Wildman–Crippen MR) is 71.0 cm³/mol. The van der Waals surface area contributed by atoms with Crippen LogP contribution >= 0.6 is 0 Å². The predicted octanol–water partition coefficient (Wildman–Crippen LogP) is 2.00. The highest BCUT2D eigenvalue weighted by Crippen LogP contribution is 2.49. The highest BCUT2D eigenvalue weighted by molar-refractivity contribution is 5.07. The summed E-state index contributed by atoms with van der Waals surface area (Å²) in [6, 6.07) is 0.657. The van der Waals surface area contributed by atoms with Crippen LogP contribution in [-0.2, 0) is 4.74 Å². The summed E-state index contributed by atoms with van der Waals surface area (Å²) in [5.41, 5.74) is 6.72. The molecule has 2 aliphatic rings. The number of nitrogens with two attached hydrogens (primary N) is 1. The Morgan fingerprint density at radius 1 is 1.24 bits per heavy atom. The van der Waals surface area contributed by atoms with Gasteiger partial charge in [-0.2, -0.15) is 0 Å². The van der Waals surface area contributed by atoms with Gasteiger partial charge in [0, 0.05) is 31.3 Å². The summed E-state index contributed by atoms with van der Waals surface area (Å²) < 4.78 is 5.47. The average Bonchev–Trinajstić information content (AvgIpc) is 2.65. The van der Waals surface area contributed by atoms with Crippen LogP contribution in [0.5, 0.6) is 0 Å². The molecular formula is C14H28N2O. The van der Waals surface area contributed by atoms with Gasteiger partial charge in [0.2, 0.25) is 0 Å². The zero-order valence-corrected chi connectivity index (χ0v) is 11.7. The van der Waals surface area contributed by atoms with Crippen LogP contribution in [-0.4, -0.2) is 43.3 Å². The van der Waals surface area contributed by atoms with Crippen LogP contribution in [0.4, 0.5) is 0 Å². The summed E-state index contributed by atoms with van der Waals surface area (Å²) in [5, 5.41) is 0. The lowest BCUT2D eigenvalue weighted by molar-refractivity contribution is -0.0391. The highest BCUT2D eigenvalue weighted by Gasteiger charge is 2.51. The Balaban J connectivity index is 2.16. The molecule has 17 heavy (non-hydrogen) atoms. The maximum Gasteiger partial charge on any atom is 0.0480 e. The molecule has 1 heterocycles. The van der Waals surface area contributed by atoms with Crippen molar-refractivity contribution in [2.75, 3.05) is 26.8 Å². The second-order valence-electron chi connectivity index (χ2n) is 6.43. The Kier molecular flexibility index (Phi) is 3.81. The van der Waals surface area contributed by atoms with E-state index in [1.165, 1.54) is 19.3 Å². The minimum Gasteiger partial charge on any atom is -0.381 e. The second-order valence-corrected chi connectivity index (χ2v) is 6.43. The van der Waals surface area contributed by atoms with E-state index in [2.05, 4.69) is 25.8 Å². The third kappa shape index (κ3) is 2.13. The highest BCUT2D eigenvalue weighted by atomic mass is 16.5. The minimum absolute atomic E-state index is 0.203. The van der Waals surface area contributed by atoms with Crippen LogP contribution in [0.15, 0.2) is 0 Å². The third-order valence-corrected chi connectivity index (χ3v) is 5.40. The van der Waals surface area contributed by atoms with Crippen molar-refractivity contribution in [3.8, 4) is 0 Å². The summed E-state index contributed by atoms with van der Waals surface area (Å²) in [7, 11) is 2.29. The summed E-state index contributed by atoms with van der Waals surface area (Å²) in [6.45, 7) is 7.39. The van der Waals surface area contributed by atoms with Gasteiger partial charge in [-0.25, -0.2) is 0 Å². The molecule has 0 spiro atoms. The molecule has 0 bridgehead atoms. The SMILES string of the molecule is CN(C1CCOCC1)C1(CN)CCCC1(C)C. The van der Waals surface area contributed by atoms with E-state index in [-0.39, 0.29) is 5.54 Å². The maximum absolute atomic E-state index is 6.18. The van der Waals surface area contributed by atoms with Crippen molar-refractivity contribution in [1.29, 1.82) is 0 Å². The molecule has 2 fully saturated rings. The van der Waals surface area contributed by atoms with Crippen LogP contribution in [0.1, 0.15) is 46.0 Å². The summed E-state index contributed by atoms with van der Waals surface area (Å²) in [5.74, 6) is 0. The molecule has 0 aromatic rings. The first-order valence-electron chi connectivity index (χ1n) is 7.04. The molecule has 0 aromatic heterocycles. The summed E-state index contributed by atoms with van der Waals surface area (Å²) >= 11 is 0. The zero-order chi connectivity index (χ0) is 12.5. The second kappa shape index (κ2) is 4.87. The maximum atomic E-state index is 6.18. The Morgan fingerprint density at radius 3 is 2.35 bits per heavy atom. The van der Waals surface area contributed by atoms with Gasteiger partial charge in [0.1, 0.15) is 0 Å². The monoisotopic (exact) mass is 240 g/mol. The first kappa shape index (κ1) is 13.3. The van der Waals surface area contributed by atoms with Crippen LogP contribution in [0.25, 0.3) is 0 Å². The quantitative estimate of drug-likeness (QED) is 0.820.